The van der Waals surface area contributed by atoms with Crippen LogP contribution in [0.5, 0.6) is 0 Å². The van der Waals surface area contributed by atoms with Gasteiger partial charge in [-0.25, -0.2) is 4.98 Å². The summed E-state index contributed by atoms with van der Waals surface area (Å²) in [5, 5.41) is 5.50. The number of rotatable bonds is 3. The van der Waals surface area contributed by atoms with Gasteiger partial charge in [0.25, 0.3) is 0 Å². The maximum atomic E-state index is 11.8. The quantitative estimate of drug-likeness (QED) is 0.897. The molecule has 1 atom stereocenters. The van der Waals surface area contributed by atoms with E-state index in [1.807, 2.05) is 12.3 Å². The Balaban J connectivity index is 1.80. The molecule has 2 rings (SSSR count). The molecule has 0 spiro atoms. The molecule has 1 aliphatic rings. The number of anilines is 1. The van der Waals surface area contributed by atoms with Gasteiger partial charge in [-0.3, -0.25) is 9.69 Å². The number of amides is 1. The van der Waals surface area contributed by atoms with E-state index in [-0.39, 0.29) is 5.91 Å². The fourth-order valence-electron chi connectivity index (χ4n) is 2.20. The Hall–Kier alpha value is -0.940. The van der Waals surface area contributed by atoms with Crippen molar-refractivity contribution in [2.45, 2.75) is 26.7 Å². The number of aryl methyl sites for hydroxylation is 1. The molecular weight excluding hydrogens is 234 g/mol. The summed E-state index contributed by atoms with van der Waals surface area (Å²) in [5.41, 5.74) is 0.955. The van der Waals surface area contributed by atoms with Crippen molar-refractivity contribution < 1.29 is 4.79 Å². The number of nitrogens with zero attached hydrogens (tertiary/aromatic N) is 2. The van der Waals surface area contributed by atoms with Gasteiger partial charge in [-0.2, -0.15) is 0 Å². The molecule has 1 aromatic rings. The van der Waals surface area contributed by atoms with Crippen LogP contribution in [0.3, 0.4) is 0 Å². The molecule has 17 heavy (non-hydrogen) atoms. The molecule has 1 N–H and O–H groups in total. The molecule has 0 unspecified atom stereocenters. The molecule has 94 valence electrons. The molecule has 0 aromatic carbocycles. The molecule has 1 saturated heterocycles. The van der Waals surface area contributed by atoms with Crippen molar-refractivity contribution in [3.05, 3.63) is 11.1 Å². The van der Waals surface area contributed by atoms with Crippen molar-refractivity contribution >= 4 is 22.4 Å². The molecule has 5 heteroatoms. The molecule has 4 nitrogen and oxygen atoms in total. The van der Waals surface area contributed by atoms with Crippen molar-refractivity contribution in [3.63, 3.8) is 0 Å². The topological polar surface area (TPSA) is 45.2 Å². The van der Waals surface area contributed by atoms with Gasteiger partial charge in [0.15, 0.2) is 5.13 Å². The predicted octanol–water partition coefficient (Wildman–Crippen LogP) is 2.12. The van der Waals surface area contributed by atoms with E-state index in [2.05, 4.69) is 22.1 Å². The lowest BCUT2D eigenvalue weighted by Crippen LogP contribution is -2.39. The maximum Gasteiger partial charge on any atom is 0.240 e. The van der Waals surface area contributed by atoms with E-state index in [0.717, 1.165) is 18.8 Å². The Kier molecular flexibility index (Phi) is 4.12. The first-order chi connectivity index (χ1) is 8.13. The molecule has 1 aliphatic heterocycles. The van der Waals surface area contributed by atoms with E-state index in [1.165, 1.54) is 24.2 Å². The van der Waals surface area contributed by atoms with Gasteiger partial charge in [-0.15, -0.1) is 11.3 Å². The van der Waals surface area contributed by atoms with E-state index in [4.69, 9.17) is 0 Å². The minimum atomic E-state index is 0.0495. The van der Waals surface area contributed by atoms with Gasteiger partial charge in [-0.1, -0.05) is 6.92 Å². The van der Waals surface area contributed by atoms with Gasteiger partial charge in [0.05, 0.1) is 12.2 Å². The van der Waals surface area contributed by atoms with Crippen molar-refractivity contribution in [2.75, 3.05) is 25.0 Å². The van der Waals surface area contributed by atoms with E-state index in [0.29, 0.717) is 17.6 Å². The number of hydrogen-bond donors (Lipinski definition) is 1. The summed E-state index contributed by atoms with van der Waals surface area (Å²) in [7, 11) is 0. The highest BCUT2D eigenvalue weighted by atomic mass is 32.1. The van der Waals surface area contributed by atoms with Crippen molar-refractivity contribution in [3.8, 4) is 0 Å². The summed E-state index contributed by atoms with van der Waals surface area (Å²) in [6, 6.07) is 0. The second-order valence-corrected chi connectivity index (χ2v) is 5.68. The predicted molar refractivity (Wildman–Crippen MR) is 70.3 cm³/mol. The van der Waals surface area contributed by atoms with Crippen LogP contribution in [0, 0.1) is 12.8 Å². The monoisotopic (exact) mass is 253 g/mol. The number of carbonyl (C=O) groups excluding carboxylic acids is 1. The smallest absolute Gasteiger partial charge is 0.240 e. The lowest BCUT2D eigenvalue weighted by Gasteiger charge is -2.29. The molecule has 0 saturated carbocycles. The first-order valence-corrected chi connectivity index (χ1v) is 6.96. The number of carbonyl (C=O) groups is 1. The highest BCUT2D eigenvalue weighted by Gasteiger charge is 2.18. The largest absolute Gasteiger partial charge is 0.301 e. The summed E-state index contributed by atoms with van der Waals surface area (Å²) in [6.07, 6.45) is 2.48. The van der Waals surface area contributed by atoms with Crippen LogP contribution in [-0.2, 0) is 4.79 Å². The molecule has 1 fully saturated rings. The second kappa shape index (κ2) is 5.60. The van der Waals surface area contributed by atoms with Gasteiger partial charge in [0.2, 0.25) is 5.91 Å². The lowest BCUT2D eigenvalue weighted by molar-refractivity contribution is -0.117. The van der Waals surface area contributed by atoms with Crippen molar-refractivity contribution in [1.29, 1.82) is 0 Å². The SMILES string of the molecule is Cc1csc(NC(=O)CN2CCC[C@H](C)C2)n1. The second-order valence-electron chi connectivity index (χ2n) is 4.82. The first-order valence-electron chi connectivity index (χ1n) is 6.08. The molecule has 0 radical (unpaired) electrons. The lowest BCUT2D eigenvalue weighted by atomic mass is 10.0. The van der Waals surface area contributed by atoms with Crippen LogP contribution >= 0.6 is 11.3 Å². The number of hydrogen-bond acceptors (Lipinski definition) is 4. The Morgan fingerprint density at radius 3 is 3.18 bits per heavy atom. The summed E-state index contributed by atoms with van der Waals surface area (Å²) < 4.78 is 0. The number of likely N-dealkylation sites (tertiary alicyclic amines) is 1. The summed E-state index contributed by atoms with van der Waals surface area (Å²) in [4.78, 5) is 18.3. The van der Waals surface area contributed by atoms with Gasteiger partial charge in [0.1, 0.15) is 0 Å². The highest BCUT2D eigenvalue weighted by Crippen LogP contribution is 2.16. The van der Waals surface area contributed by atoms with Gasteiger partial charge < -0.3 is 5.32 Å². The number of aromatic nitrogens is 1. The van der Waals surface area contributed by atoms with Crippen LogP contribution in [0.15, 0.2) is 5.38 Å². The number of piperidine rings is 1. The highest BCUT2D eigenvalue weighted by molar-refractivity contribution is 7.13. The molecule has 0 bridgehead atoms. The summed E-state index contributed by atoms with van der Waals surface area (Å²) >= 11 is 1.48. The number of nitrogens with one attached hydrogen (secondary N) is 1. The van der Waals surface area contributed by atoms with Gasteiger partial charge in [0, 0.05) is 11.9 Å². The Morgan fingerprint density at radius 2 is 2.53 bits per heavy atom. The summed E-state index contributed by atoms with van der Waals surface area (Å²) in [5.74, 6) is 0.757. The van der Waals surface area contributed by atoms with E-state index in [1.54, 1.807) is 0 Å². The van der Waals surface area contributed by atoms with E-state index in [9.17, 15) is 4.79 Å². The van der Waals surface area contributed by atoms with E-state index < -0.39 is 0 Å². The average Bonchev–Trinajstić information content (AvgIpc) is 2.63. The van der Waals surface area contributed by atoms with Crippen molar-refractivity contribution in [1.82, 2.24) is 9.88 Å². The third-order valence-corrected chi connectivity index (χ3v) is 3.85. The fourth-order valence-corrected chi connectivity index (χ4v) is 2.91. The first kappa shape index (κ1) is 12.5. The van der Waals surface area contributed by atoms with E-state index >= 15 is 0 Å². The normalized spacial score (nSPS) is 21.4. The molecular formula is C12H19N3OS. The van der Waals surface area contributed by atoms with Gasteiger partial charge >= 0.3 is 0 Å². The Morgan fingerprint density at radius 1 is 1.71 bits per heavy atom. The minimum Gasteiger partial charge on any atom is -0.301 e. The van der Waals surface area contributed by atoms with Crippen LogP contribution in [0.25, 0.3) is 0 Å². The molecule has 1 aromatic heterocycles. The van der Waals surface area contributed by atoms with Gasteiger partial charge in [-0.05, 0) is 32.2 Å². The number of thiazole rings is 1. The molecule has 1 amide bonds. The zero-order valence-corrected chi connectivity index (χ0v) is 11.2. The zero-order valence-electron chi connectivity index (χ0n) is 10.4. The Labute approximate surface area is 106 Å². The fraction of sp³-hybridized carbons (Fsp3) is 0.667. The Bertz CT molecular complexity index is 391. The van der Waals surface area contributed by atoms with Crippen LogP contribution in [0.1, 0.15) is 25.5 Å². The van der Waals surface area contributed by atoms with Crippen LogP contribution in [0.4, 0.5) is 5.13 Å². The molecule has 0 aliphatic carbocycles. The average molecular weight is 253 g/mol. The standard InChI is InChI=1S/C12H19N3OS/c1-9-4-3-5-15(6-9)7-11(16)14-12-13-10(2)8-17-12/h8-9H,3-7H2,1-2H3,(H,13,14,16)/t9-/m0/s1. The third kappa shape index (κ3) is 3.78. The maximum absolute atomic E-state index is 11.8. The molecule has 2 heterocycles. The van der Waals surface area contributed by atoms with Crippen LogP contribution in [0.2, 0.25) is 0 Å². The summed E-state index contributed by atoms with van der Waals surface area (Å²) in [6.45, 7) is 6.73. The third-order valence-electron chi connectivity index (χ3n) is 2.97. The van der Waals surface area contributed by atoms with Crippen molar-refractivity contribution in [2.24, 2.45) is 5.92 Å². The zero-order chi connectivity index (χ0) is 12.3. The van der Waals surface area contributed by atoms with Crippen LogP contribution in [-0.4, -0.2) is 35.4 Å². The van der Waals surface area contributed by atoms with Crippen LogP contribution < -0.4 is 5.32 Å². The minimum absolute atomic E-state index is 0.0495.